The minimum absolute atomic E-state index is 0.0704. The molecule has 0 saturated carbocycles. The fourth-order valence-electron chi connectivity index (χ4n) is 3.12. The standard InChI is InChI=1S/C17H15N7O5S3/c18-16-21-8(6-31-16)9(23-29)12(25)22-10-13(26)24-11(15(27)28)7(4-30-14(10)24)5-32-17-19-2-1-3-20-17/h1-3,6,10,14,29H,4-5H2,(H2,18,21)(H,22,25)(H,27,28)/b23-9-/t10-,14-/m1/s1. The summed E-state index contributed by atoms with van der Waals surface area (Å²) >= 11 is 3.66. The summed E-state index contributed by atoms with van der Waals surface area (Å²) in [7, 11) is 0. The molecule has 15 heteroatoms. The van der Waals surface area contributed by atoms with Gasteiger partial charge in [-0.2, -0.15) is 0 Å². The van der Waals surface area contributed by atoms with Crippen molar-refractivity contribution in [2.24, 2.45) is 5.16 Å². The van der Waals surface area contributed by atoms with Gasteiger partial charge in [0.15, 0.2) is 16.0 Å². The molecule has 2 aliphatic heterocycles. The number of hydrogen-bond donors (Lipinski definition) is 4. The fourth-order valence-corrected chi connectivity index (χ4v) is 5.96. The number of nitrogen functional groups attached to an aromatic ring is 1. The van der Waals surface area contributed by atoms with Crippen LogP contribution >= 0.6 is 34.9 Å². The molecule has 0 unspecified atom stereocenters. The predicted molar refractivity (Wildman–Crippen MR) is 117 cm³/mol. The minimum Gasteiger partial charge on any atom is -0.477 e. The average molecular weight is 494 g/mol. The minimum atomic E-state index is -1.23. The van der Waals surface area contributed by atoms with Crippen LogP contribution in [-0.2, 0) is 14.4 Å². The number of hydrogen-bond acceptors (Lipinski definition) is 12. The van der Waals surface area contributed by atoms with Gasteiger partial charge in [-0.15, -0.1) is 23.1 Å². The SMILES string of the molecule is Nc1nc(/C(=N/O)C(=O)N[C@@H]2C(=O)N3C(C(=O)O)=C(CSc4ncccn4)CS[C@H]23)cs1. The highest BCUT2D eigenvalue weighted by atomic mass is 32.2. The molecule has 1 saturated heterocycles. The zero-order chi connectivity index (χ0) is 22.8. The van der Waals surface area contributed by atoms with Crippen molar-refractivity contribution >= 4 is 63.5 Å². The molecule has 4 heterocycles. The van der Waals surface area contributed by atoms with Crippen molar-refractivity contribution in [1.29, 1.82) is 0 Å². The van der Waals surface area contributed by atoms with E-state index in [1.165, 1.54) is 33.8 Å². The molecule has 12 nitrogen and oxygen atoms in total. The van der Waals surface area contributed by atoms with Gasteiger partial charge in [0.25, 0.3) is 11.8 Å². The highest BCUT2D eigenvalue weighted by Crippen LogP contribution is 2.41. The zero-order valence-electron chi connectivity index (χ0n) is 16.0. The first-order valence-electron chi connectivity index (χ1n) is 8.94. The molecule has 2 atom stereocenters. The summed E-state index contributed by atoms with van der Waals surface area (Å²) in [5.41, 5.74) is 5.68. The number of carbonyl (C=O) groups is 3. The van der Waals surface area contributed by atoms with E-state index in [9.17, 15) is 24.7 Å². The Morgan fingerprint density at radius 1 is 1.38 bits per heavy atom. The molecule has 166 valence electrons. The second kappa shape index (κ2) is 9.13. The Bertz CT molecular complexity index is 1140. The van der Waals surface area contributed by atoms with E-state index in [0.29, 0.717) is 22.2 Å². The summed E-state index contributed by atoms with van der Waals surface area (Å²) in [5, 5.41) is 25.9. The Labute approximate surface area is 193 Å². The number of β-lactam (4-membered cyclic amide) rings is 1. The lowest BCUT2D eigenvalue weighted by molar-refractivity contribution is -0.150. The second-order valence-electron chi connectivity index (χ2n) is 6.46. The number of aliphatic carboxylic acids is 1. The van der Waals surface area contributed by atoms with Gasteiger partial charge in [-0.25, -0.2) is 19.7 Å². The van der Waals surface area contributed by atoms with Gasteiger partial charge in [-0.05, 0) is 11.6 Å². The summed E-state index contributed by atoms with van der Waals surface area (Å²) in [6, 6.07) is 0.706. The number of carbonyl (C=O) groups excluding carboxylic acids is 2. The van der Waals surface area contributed by atoms with E-state index >= 15 is 0 Å². The van der Waals surface area contributed by atoms with Crippen molar-refractivity contribution in [3.05, 3.63) is 40.8 Å². The summed E-state index contributed by atoms with van der Waals surface area (Å²) in [4.78, 5) is 50.5. The quantitative estimate of drug-likeness (QED) is 0.103. The third-order valence-corrected chi connectivity index (χ3v) is 7.51. The molecule has 0 aromatic carbocycles. The fraction of sp³-hybridized carbons (Fsp3) is 0.235. The van der Waals surface area contributed by atoms with Crippen LogP contribution in [0.1, 0.15) is 5.69 Å². The van der Waals surface area contributed by atoms with Gasteiger partial charge in [-0.3, -0.25) is 14.5 Å². The highest BCUT2D eigenvalue weighted by molar-refractivity contribution is 8.01. The molecule has 5 N–H and O–H groups in total. The number of thioether (sulfide) groups is 2. The Balaban J connectivity index is 1.48. The maximum Gasteiger partial charge on any atom is 0.352 e. The molecule has 2 aliphatic rings. The summed E-state index contributed by atoms with van der Waals surface area (Å²) in [6.45, 7) is 0. The molecule has 2 amide bonds. The molecule has 2 aromatic heterocycles. The van der Waals surface area contributed by atoms with Crippen LogP contribution in [0, 0.1) is 0 Å². The van der Waals surface area contributed by atoms with E-state index in [0.717, 1.165) is 11.3 Å². The van der Waals surface area contributed by atoms with Gasteiger partial charge in [0.1, 0.15) is 22.8 Å². The van der Waals surface area contributed by atoms with Gasteiger partial charge in [0.05, 0.1) is 0 Å². The van der Waals surface area contributed by atoms with Crippen LogP contribution in [0.25, 0.3) is 0 Å². The number of aromatic nitrogens is 3. The van der Waals surface area contributed by atoms with E-state index in [1.807, 2.05) is 0 Å². The first-order chi connectivity index (χ1) is 15.4. The molecule has 0 radical (unpaired) electrons. The first kappa shape index (κ1) is 22.0. The van der Waals surface area contributed by atoms with Gasteiger partial charge in [0, 0.05) is 29.3 Å². The molecule has 4 rings (SSSR count). The van der Waals surface area contributed by atoms with Crippen molar-refractivity contribution in [2.75, 3.05) is 17.2 Å². The molecule has 1 fully saturated rings. The van der Waals surface area contributed by atoms with E-state index in [2.05, 4.69) is 25.4 Å². The lowest BCUT2D eigenvalue weighted by Crippen LogP contribution is -2.71. The van der Waals surface area contributed by atoms with E-state index < -0.39 is 29.2 Å². The molecular formula is C17H15N7O5S3. The zero-order valence-corrected chi connectivity index (χ0v) is 18.5. The first-order valence-corrected chi connectivity index (χ1v) is 11.9. The molecule has 0 aliphatic carbocycles. The summed E-state index contributed by atoms with van der Waals surface area (Å²) < 4.78 is 0. The number of rotatable bonds is 7. The summed E-state index contributed by atoms with van der Waals surface area (Å²) in [6.07, 6.45) is 3.17. The van der Waals surface area contributed by atoms with Crippen molar-refractivity contribution < 1.29 is 24.7 Å². The number of nitrogens with one attached hydrogen (secondary N) is 1. The van der Waals surface area contributed by atoms with E-state index in [-0.39, 0.29) is 22.2 Å². The molecule has 0 spiro atoms. The van der Waals surface area contributed by atoms with Gasteiger partial charge in [-0.1, -0.05) is 16.9 Å². The number of carboxylic acids is 1. The van der Waals surface area contributed by atoms with Crippen LogP contribution in [0.4, 0.5) is 5.13 Å². The monoisotopic (exact) mass is 493 g/mol. The topological polar surface area (TPSA) is 184 Å². The van der Waals surface area contributed by atoms with E-state index in [1.54, 1.807) is 18.5 Å². The number of thiazole rings is 1. The summed E-state index contributed by atoms with van der Waals surface area (Å²) in [5.74, 6) is -1.96. The Hall–Kier alpha value is -3.17. The maximum atomic E-state index is 12.8. The van der Waals surface area contributed by atoms with Crippen LogP contribution in [0.15, 0.2) is 45.4 Å². The molecular weight excluding hydrogens is 478 g/mol. The van der Waals surface area contributed by atoms with Crippen molar-refractivity contribution in [3.8, 4) is 0 Å². The van der Waals surface area contributed by atoms with Gasteiger partial charge >= 0.3 is 5.97 Å². The van der Waals surface area contributed by atoms with Crippen LogP contribution in [-0.4, -0.2) is 76.6 Å². The van der Waals surface area contributed by atoms with Crippen LogP contribution in [0.5, 0.6) is 0 Å². The lowest BCUT2D eigenvalue weighted by atomic mass is 10.0. The van der Waals surface area contributed by atoms with E-state index in [4.69, 9.17) is 5.73 Å². The van der Waals surface area contributed by atoms with Crippen LogP contribution in [0.2, 0.25) is 0 Å². The normalized spacial score (nSPS) is 20.6. The van der Waals surface area contributed by atoms with Crippen molar-refractivity contribution in [1.82, 2.24) is 25.2 Å². The Morgan fingerprint density at radius 3 is 2.75 bits per heavy atom. The number of anilines is 1. The number of nitrogens with two attached hydrogens (primary N) is 1. The second-order valence-corrected chi connectivity index (χ2v) is 9.40. The molecule has 0 bridgehead atoms. The average Bonchev–Trinajstić information content (AvgIpc) is 3.22. The van der Waals surface area contributed by atoms with Crippen molar-refractivity contribution in [2.45, 2.75) is 16.6 Å². The highest BCUT2D eigenvalue weighted by Gasteiger charge is 2.54. The largest absolute Gasteiger partial charge is 0.477 e. The van der Waals surface area contributed by atoms with Crippen LogP contribution in [0.3, 0.4) is 0 Å². The number of oxime groups is 1. The Kier molecular flexibility index (Phi) is 6.29. The number of amides is 2. The lowest BCUT2D eigenvalue weighted by Gasteiger charge is -2.49. The molecule has 32 heavy (non-hydrogen) atoms. The maximum absolute atomic E-state index is 12.8. The third kappa shape index (κ3) is 4.13. The third-order valence-electron chi connectivity index (χ3n) is 4.53. The number of nitrogens with zero attached hydrogens (tertiary/aromatic N) is 5. The van der Waals surface area contributed by atoms with Crippen molar-refractivity contribution in [3.63, 3.8) is 0 Å². The molecule has 2 aromatic rings. The Morgan fingerprint density at radius 2 is 2.12 bits per heavy atom. The van der Waals surface area contributed by atoms with Gasteiger partial charge < -0.3 is 21.4 Å². The number of carboxylic acid groups (broad SMARTS) is 1. The number of fused-ring (bicyclic) bond motifs is 1. The van der Waals surface area contributed by atoms with Crippen LogP contribution < -0.4 is 11.1 Å². The predicted octanol–water partition coefficient (Wildman–Crippen LogP) is 0.225. The van der Waals surface area contributed by atoms with Gasteiger partial charge in [0.2, 0.25) is 0 Å². The smallest absolute Gasteiger partial charge is 0.352 e.